The topological polar surface area (TPSA) is 310 Å². The SMILES string of the molecule is CCCC[N+]1=C(/C=C/C=C/C=C2\N(CCCCCC(=O)NCCOCCOC3O[C@@H](CO)[C@@H](O)[C@H](O)[C@@H]3O[C@H]3O[C@H](CO)[C@@H](OC(N)=O)[C@H](O)[C@@H]3O)c3ccc(S(=O)(=O)O)cc3C2(C)C)c2ccccc2C1(C)CCCC. The molecule has 21 nitrogen and oxygen atoms in total. The van der Waals surface area contributed by atoms with Gasteiger partial charge in [0.25, 0.3) is 10.1 Å². The Labute approximate surface area is 451 Å². The van der Waals surface area contributed by atoms with Crippen molar-refractivity contribution in [1.82, 2.24) is 5.32 Å². The minimum absolute atomic E-state index is 0.0213. The number of allylic oxidation sites excluding steroid dienone is 6. The third-order valence-electron chi connectivity index (χ3n) is 14.9. The fraction of sp³-hybridized carbons (Fsp3) is 0.618. The van der Waals surface area contributed by atoms with E-state index in [1.807, 2.05) is 26.0 Å². The Morgan fingerprint density at radius 1 is 0.818 bits per heavy atom. The van der Waals surface area contributed by atoms with Gasteiger partial charge in [-0.3, -0.25) is 9.35 Å². The van der Waals surface area contributed by atoms with Gasteiger partial charge < -0.3 is 75.0 Å². The third-order valence-corrected chi connectivity index (χ3v) is 15.7. The minimum Gasteiger partial charge on any atom is -0.441 e. The molecule has 4 heterocycles. The Morgan fingerprint density at radius 3 is 2.23 bits per heavy atom. The zero-order chi connectivity index (χ0) is 56.1. The Bertz CT molecular complexity index is 2540. The predicted molar refractivity (Wildman–Crippen MR) is 284 cm³/mol. The zero-order valence-electron chi connectivity index (χ0n) is 44.8. The van der Waals surface area contributed by atoms with E-state index in [2.05, 4.69) is 78.1 Å². The fourth-order valence-electron chi connectivity index (χ4n) is 10.6. The van der Waals surface area contributed by atoms with E-state index in [0.717, 1.165) is 68.4 Å². The second kappa shape index (κ2) is 28.0. The van der Waals surface area contributed by atoms with E-state index in [1.165, 1.54) is 22.9 Å². The Hall–Kier alpha value is -4.66. The standard InChI is InChI=1S/C55H80N4O17S/c1-6-8-25-55(5)37-19-16-15-18-36(37)39(59(55)28-9-7-2)20-12-10-13-21-43-54(3,4)38-32-35(77(68,69)70)23-24-40(38)58(43)27-17-11-14-22-44(62)57-26-29-71-30-31-72-52-50(46(64)45(63)41(33-60)73-52)75-51-48(66)47(65)49(76-53(56)67)42(34-61)74-51/h10,12-13,15-16,18-21,23-24,32,41-42,45-52,60-61,63-66H,6-9,11,14,17,22,25-31,33-34H2,1-5H3,(H3-,56,57,62,67,68,69,70)/p+1/t41-,42+,45+,46-,47+,48-,49+,50-,51+,52?,55?/m0/s1. The molecule has 2 aromatic carbocycles. The van der Waals surface area contributed by atoms with Crippen LogP contribution in [0.1, 0.15) is 109 Å². The van der Waals surface area contributed by atoms with Crippen LogP contribution in [0.4, 0.5) is 10.5 Å². The van der Waals surface area contributed by atoms with Crippen LogP contribution in [0.25, 0.3) is 0 Å². The summed E-state index contributed by atoms with van der Waals surface area (Å²) in [4.78, 5) is 26.2. The van der Waals surface area contributed by atoms with Crippen LogP contribution >= 0.6 is 0 Å². The predicted octanol–water partition coefficient (Wildman–Crippen LogP) is 3.19. The number of unbranched alkanes of at least 4 members (excludes halogenated alkanes) is 4. The summed E-state index contributed by atoms with van der Waals surface area (Å²) in [6.07, 6.45) is 0.831. The lowest BCUT2D eigenvalue weighted by Gasteiger charge is -2.46. The molecule has 0 aromatic heterocycles. The lowest BCUT2D eigenvalue weighted by Crippen LogP contribution is -2.65. The number of ether oxygens (including phenoxy) is 6. The molecule has 2 unspecified atom stereocenters. The second-order valence-electron chi connectivity index (χ2n) is 20.6. The molecule has 0 saturated carbocycles. The van der Waals surface area contributed by atoms with E-state index in [4.69, 9.17) is 34.2 Å². The maximum Gasteiger partial charge on any atom is 0.404 e. The molecule has 428 valence electrons. The van der Waals surface area contributed by atoms with Gasteiger partial charge in [-0.05, 0) is 55.2 Å². The molecule has 77 heavy (non-hydrogen) atoms. The van der Waals surface area contributed by atoms with Crippen molar-refractivity contribution in [3.8, 4) is 0 Å². The van der Waals surface area contributed by atoms with Crippen molar-refractivity contribution >= 4 is 33.5 Å². The molecule has 0 radical (unpaired) electrons. The molecule has 2 saturated heterocycles. The molecular weight excluding hydrogens is 1020 g/mol. The number of nitrogens with one attached hydrogen (secondary N) is 1. The van der Waals surface area contributed by atoms with Gasteiger partial charge in [0, 0.05) is 67.7 Å². The molecule has 2 fully saturated rings. The van der Waals surface area contributed by atoms with Crippen molar-refractivity contribution in [3.05, 3.63) is 95.2 Å². The summed E-state index contributed by atoms with van der Waals surface area (Å²) >= 11 is 0. The quantitative estimate of drug-likeness (QED) is 0.0256. The summed E-state index contributed by atoms with van der Waals surface area (Å²) in [6.45, 7) is 11.1. The summed E-state index contributed by atoms with van der Waals surface area (Å²) < 4.78 is 70.0. The van der Waals surface area contributed by atoms with Gasteiger partial charge in [-0.25, -0.2) is 9.37 Å². The normalized spacial score (nSPS) is 28.7. The van der Waals surface area contributed by atoms with Crippen molar-refractivity contribution in [2.45, 2.75) is 170 Å². The highest BCUT2D eigenvalue weighted by atomic mass is 32.2. The molecule has 0 aliphatic carbocycles. The summed E-state index contributed by atoms with van der Waals surface area (Å²) in [7, 11) is -4.44. The van der Waals surface area contributed by atoms with E-state index in [9.17, 15) is 53.2 Å². The van der Waals surface area contributed by atoms with Crippen molar-refractivity contribution in [2.24, 2.45) is 5.73 Å². The maximum atomic E-state index is 12.8. The first-order valence-electron chi connectivity index (χ1n) is 26.7. The van der Waals surface area contributed by atoms with E-state index >= 15 is 0 Å². The number of aliphatic hydroxyl groups excluding tert-OH is 6. The third kappa shape index (κ3) is 14.8. The van der Waals surface area contributed by atoms with Gasteiger partial charge in [0.05, 0.1) is 43.5 Å². The average Bonchev–Trinajstić information content (AvgIpc) is 3.85. The van der Waals surface area contributed by atoms with Crippen molar-refractivity contribution in [1.29, 1.82) is 0 Å². The number of primary amides is 1. The number of carbonyl (C=O) groups is 2. The molecule has 4 aliphatic rings. The fourth-order valence-corrected chi connectivity index (χ4v) is 11.2. The lowest BCUT2D eigenvalue weighted by atomic mass is 9.83. The first kappa shape index (κ1) is 61.6. The van der Waals surface area contributed by atoms with Gasteiger partial charge in [0.1, 0.15) is 49.3 Å². The number of hydrogen-bond acceptors (Lipinski definition) is 17. The van der Waals surface area contributed by atoms with Crippen LogP contribution in [0, 0.1) is 0 Å². The van der Waals surface area contributed by atoms with Crippen LogP contribution in [0.15, 0.2) is 83.4 Å². The first-order chi connectivity index (χ1) is 36.7. The monoisotopic (exact) mass is 1100 g/mol. The van der Waals surface area contributed by atoms with Gasteiger partial charge in [-0.2, -0.15) is 8.42 Å². The number of nitrogens with zero attached hydrogens (tertiary/aromatic N) is 2. The molecule has 4 aliphatic heterocycles. The van der Waals surface area contributed by atoms with Crippen molar-refractivity contribution < 1.29 is 86.2 Å². The molecule has 2 aromatic rings. The maximum absolute atomic E-state index is 12.8. The number of amides is 2. The minimum atomic E-state index is -4.44. The molecule has 2 amide bonds. The molecule has 6 rings (SSSR count). The lowest BCUT2D eigenvalue weighted by molar-refractivity contribution is -0.610. The van der Waals surface area contributed by atoms with Crippen LogP contribution in [0.2, 0.25) is 0 Å². The number of rotatable bonds is 28. The van der Waals surface area contributed by atoms with Crippen LogP contribution < -0.4 is 16.0 Å². The molecule has 10 N–H and O–H groups in total. The van der Waals surface area contributed by atoms with E-state index in [-0.39, 0.29) is 49.1 Å². The highest BCUT2D eigenvalue weighted by Crippen LogP contribution is 2.49. The highest BCUT2D eigenvalue weighted by Gasteiger charge is 2.52. The molecule has 0 bridgehead atoms. The number of aliphatic hydroxyl groups is 6. The summed E-state index contributed by atoms with van der Waals surface area (Å²) in [5.74, 6) is -0.168. The Balaban J connectivity index is 0.992. The smallest absolute Gasteiger partial charge is 0.404 e. The largest absolute Gasteiger partial charge is 0.441 e. The molecule has 0 spiro atoms. The van der Waals surface area contributed by atoms with Crippen LogP contribution in [-0.2, 0) is 54.3 Å². The van der Waals surface area contributed by atoms with Gasteiger partial charge in [0.2, 0.25) is 11.6 Å². The van der Waals surface area contributed by atoms with Crippen molar-refractivity contribution in [3.63, 3.8) is 0 Å². The highest BCUT2D eigenvalue weighted by molar-refractivity contribution is 7.85. The van der Waals surface area contributed by atoms with Crippen LogP contribution in [-0.4, -0.2) is 180 Å². The van der Waals surface area contributed by atoms with Gasteiger partial charge in [0.15, 0.2) is 24.2 Å². The first-order valence-corrected chi connectivity index (χ1v) is 28.2. The second-order valence-corrected chi connectivity index (χ2v) is 22.0. The number of fused-ring (bicyclic) bond motifs is 2. The summed E-state index contributed by atoms with van der Waals surface area (Å²) in [5, 5.41) is 65.1. The van der Waals surface area contributed by atoms with E-state index < -0.39 is 96.3 Å². The number of benzene rings is 2. The molecular formula is C55H81N4O17S+. The summed E-state index contributed by atoms with van der Waals surface area (Å²) in [6, 6.07) is 13.4. The Morgan fingerprint density at radius 2 is 1.53 bits per heavy atom. The average molecular weight is 1100 g/mol. The van der Waals surface area contributed by atoms with E-state index in [1.54, 1.807) is 12.1 Å². The number of hydrogen-bond donors (Lipinski definition) is 9. The van der Waals surface area contributed by atoms with Crippen molar-refractivity contribution in [2.75, 3.05) is 57.6 Å². The van der Waals surface area contributed by atoms with Gasteiger partial charge >= 0.3 is 6.09 Å². The van der Waals surface area contributed by atoms with Gasteiger partial charge in [-0.15, -0.1) is 0 Å². The number of anilines is 1. The number of carbonyl (C=O) groups excluding carboxylic acids is 2. The van der Waals surface area contributed by atoms with Crippen LogP contribution in [0.5, 0.6) is 0 Å². The zero-order valence-corrected chi connectivity index (χ0v) is 45.6. The summed E-state index contributed by atoms with van der Waals surface area (Å²) in [5.41, 5.74) is 10.8. The van der Waals surface area contributed by atoms with Crippen LogP contribution in [0.3, 0.4) is 0 Å². The molecule has 11 atom stereocenters. The Kier molecular flexibility index (Phi) is 22.4. The molecule has 22 heteroatoms. The van der Waals surface area contributed by atoms with Gasteiger partial charge in [-0.1, -0.05) is 83.4 Å². The number of nitrogens with two attached hydrogens (primary N) is 1. The van der Waals surface area contributed by atoms with E-state index in [0.29, 0.717) is 13.0 Å².